The highest BCUT2D eigenvalue weighted by molar-refractivity contribution is 5.35. The normalized spacial score (nSPS) is 10.1. The smallest absolute Gasteiger partial charge is 0.240 e. The molecule has 1 heterocycles. The summed E-state index contributed by atoms with van der Waals surface area (Å²) in [6, 6.07) is 9.05. The molecule has 1 aromatic heterocycles. The topological polar surface area (TPSA) is 82.3 Å². The number of rotatable bonds is 5. The molecule has 0 radical (unpaired) electrons. The van der Waals surface area contributed by atoms with Gasteiger partial charge in [0.05, 0.1) is 6.61 Å². The van der Waals surface area contributed by atoms with Gasteiger partial charge in [-0.15, -0.1) is 0 Å². The predicted octanol–water partition coefficient (Wildman–Crippen LogP) is 2.26. The van der Waals surface area contributed by atoms with Gasteiger partial charge in [-0.1, -0.05) is 0 Å². The summed E-state index contributed by atoms with van der Waals surface area (Å²) in [7, 11) is 0. The minimum atomic E-state index is 0.320. The summed E-state index contributed by atoms with van der Waals surface area (Å²) in [6.07, 6.45) is 0. The molecule has 6 heteroatoms. The summed E-state index contributed by atoms with van der Waals surface area (Å²) < 4.78 is 11.0. The highest BCUT2D eigenvalue weighted by atomic mass is 16.5. The molecule has 0 aliphatic heterocycles. The lowest BCUT2D eigenvalue weighted by atomic mass is 10.3. The largest absolute Gasteiger partial charge is 0.494 e. The molecule has 2 aromatic rings. The Bertz CT molecular complexity index is 543. The van der Waals surface area contributed by atoms with Crippen molar-refractivity contribution in [2.75, 3.05) is 12.0 Å². The van der Waals surface area contributed by atoms with Gasteiger partial charge < -0.3 is 9.47 Å². The molecule has 0 spiro atoms. The Balaban J connectivity index is 2.14. The number of ether oxygens (including phenoxy) is 2. The van der Waals surface area contributed by atoms with E-state index in [1.54, 1.807) is 6.07 Å². The Morgan fingerprint density at radius 2 is 1.84 bits per heavy atom. The van der Waals surface area contributed by atoms with Crippen molar-refractivity contribution in [3.8, 4) is 17.4 Å². The zero-order valence-corrected chi connectivity index (χ0v) is 10.9. The van der Waals surface area contributed by atoms with E-state index < -0.39 is 0 Å². The Morgan fingerprint density at radius 1 is 1.16 bits per heavy atom. The Hall–Kier alpha value is -2.34. The van der Waals surface area contributed by atoms with Gasteiger partial charge in [0.15, 0.2) is 0 Å². The number of nitrogens with one attached hydrogen (secondary N) is 1. The summed E-state index contributed by atoms with van der Waals surface area (Å²) in [5.41, 5.74) is 3.17. The number of nitrogen functional groups attached to an aromatic ring is 1. The van der Waals surface area contributed by atoms with Crippen LogP contribution >= 0.6 is 0 Å². The number of nitrogens with zero attached hydrogens (tertiary/aromatic N) is 2. The SMILES string of the molecule is CCOc1ccc(Oc2cc(C)nc(NN)n2)cc1. The quantitative estimate of drug-likeness (QED) is 0.634. The van der Waals surface area contributed by atoms with Crippen LogP contribution in [0.25, 0.3) is 0 Å². The fourth-order valence-electron chi connectivity index (χ4n) is 1.55. The van der Waals surface area contributed by atoms with Gasteiger partial charge in [0.25, 0.3) is 0 Å². The molecule has 0 aliphatic carbocycles. The standard InChI is InChI=1S/C13H16N4O2/c1-3-18-10-4-6-11(7-5-10)19-12-8-9(2)15-13(16-12)17-14/h4-8H,3,14H2,1-2H3,(H,15,16,17). The molecule has 6 nitrogen and oxygen atoms in total. The first kappa shape index (κ1) is 13.1. The van der Waals surface area contributed by atoms with Gasteiger partial charge in [-0.2, -0.15) is 4.98 Å². The van der Waals surface area contributed by atoms with Gasteiger partial charge in [-0.3, -0.25) is 5.43 Å². The molecule has 0 unspecified atom stereocenters. The van der Waals surface area contributed by atoms with Gasteiger partial charge >= 0.3 is 0 Å². The molecule has 0 amide bonds. The van der Waals surface area contributed by atoms with Gasteiger partial charge in [-0.05, 0) is 38.1 Å². The summed E-state index contributed by atoms with van der Waals surface area (Å²) in [4.78, 5) is 8.19. The van der Waals surface area contributed by atoms with Crippen LogP contribution < -0.4 is 20.7 Å². The molecule has 1 aromatic carbocycles. The fourth-order valence-corrected chi connectivity index (χ4v) is 1.55. The molecule has 0 saturated carbocycles. The summed E-state index contributed by atoms with van der Waals surface area (Å²) in [6.45, 7) is 4.42. The molecule has 0 saturated heterocycles. The minimum Gasteiger partial charge on any atom is -0.494 e. The molecule has 0 atom stereocenters. The first-order valence-corrected chi connectivity index (χ1v) is 5.94. The van der Waals surface area contributed by atoms with Crippen molar-refractivity contribution >= 4 is 5.95 Å². The van der Waals surface area contributed by atoms with Crippen LogP contribution in [0.3, 0.4) is 0 Å². The maximum absolute atomic E-state index is 5.63. The Kier molecular flexibility index (Phi) is 4.15. The lowest BCUT2D eigenvalue weighted by Gasteiger charge is -2.08. The molecule has 19 heavy (non-hydrogen) atoms. The molecular formula is C13H16N4O2. The van der Waals surface area contributed by atoms with Crippen LogP contribution in [-0.4, -0.2) is 16.6 Å². The van der Waals surface area contributed by atoms with E-state index in [1.807, 2.05) is 38.1 Å². The van der Waals surface area contributed by atoms with E-state index in [9.17, 15) is 0 Å². The summed E-state index contributed by atoms with van der Waals surface area (Å²) in [5.74, 6) is 7.52. The van der Waals surface area contributed by atoms with Gasteiger partial charge in [0, 0.05) is 11.8 Å². The van der Waals surface area contributed by atoms with Crippen LogP contribution in [0.1, 0.15) is 12.6 Å². The second-order valence-electron chi connectivity index (χ2n) is 3.82. The van der Waals surface area contributed by atoms with E-state index in [2.05, 4.69) is 15.4 Å². The van der Waals surface area contributed by atoms with Crippen LogP contribution in [0.4, 0.5) is 5.95 Å². The van der Waals surface area contributed by atoms with Crippen molar-refractivity contribution in [1.82, 2.24) is 9.97 Å². The van der Waals surface area contributed by atoms with E-state index in [1.165, 1.54) is 0 Å². The first-order chi connectivity index (χ1) is 9.21. The van der Waals surface area contributed by atoms with Crippen molar-refractivity contribution in [3.63, 3.8) is 0 Å². The molecular weight excluding hydrogens is 244 g/mol. The molecule has 3 N–H and O–H groups in total. The van der Waals surface area contributed by atoms with Crippen molar-refractivity contribution in [2.24, 2.45) is 5.84 Å². The molecule has 0 bridgehead atoms. The fraction of sp³-hybridized carbons (Fsp3) is 0.231. The van der Waals surface area contributed by atoms with E-state index >= 15 is 0 Å². The Labute approximate surface area is 111 Å². The molecule has 100 valence electrons. The second-order valence-corrected chi connectivity index (χ2v) is 3.82. The van der Waals surface area contributed by atoms with Crippen molar-refractivity contribution in [1.29, 1.82) is 0 Å². The highest BCUT2D eigenvalue weighted by Crippen LogP contribution is 2.23. The number of nitrogens with two attached hydrogens (primary N) is 1. The van der Waals surface area contributed by atoms with Gasteiger partial charge in [0.1, 0.15) is 11.5 Å². The first-order valence-electron chi connectivity index (χ1n) is 5.94. The van der Waals surface area contributed by atoms with Crippen molar-refractivity contribution in [3.05, 3.63) is 36.0 Å². The summed E-state index contributed by atoms with van der Waals surface area (Å²) >= 11 is 0. The van der Waals surface area contributed by atoms with Gasteiger partial charge in [-0.25, -0.2) is 10.8 Å². The van der Waals surface area contributed by atoms with Crippen LogP contribution in [0.5, 0.6) is 17.4 Å². The maximum atomic E-state index is 5.63. The maximum Gasteiger partial charge on any atom is 0.240 e. The van der Waals surface area contributed by atoms with Crippen LogP contribution in [0, 0.1) is 6.92 Å². The minimum absolute atomic E-state index is 0.320. The van der Waals surface area contributed by atoms with Crippen LogP contribution in [-0.2, 0) is 0 Å². The van der Waals surface area contributed by atoms with Crippen molar-refractivity contribution in [2.45, 2.75) is 13.8 Å². The average molecular weight is 260 g/mol. The Morgan fingerprint density at radius 3 is 2.47 bits per heavy atom. The number of aromatic nitrogens is 2. The zero-order chi connectivity index (χ0) is 13.7. The third-order valence-electron chi connectivity index (χ3n) is 2.32. The zero-order valence-electron chi connectivity index (χ0n) is 10.9. The molecule has 2 rings (SSSR count). The number of hydrogen-bond donors (Lipinski definition) is 2. The van der Waals surface area contributed by atoms with E-state index in [4.69, 9.17) is 15.3 Å². The third kappa shape index (κ3) is 3.56. The number of hydrogen-bond acceptors (Lipinski definition) is 6. The van der Waals surface area contributed by atoms with Crippen LogP contribution in [0.15, 0.2) is 30.3 Å². The van der Waals surface area contributed by atoms with Crippen molar-refractivity contribution < 1.29 is 9.47 Å². The number of anilines is 1. The monoisotopic (exact) mass is 260 g/mol. The third-order valence-corrected chi connectivity index (χ3v) is 2.32. The number of hydrazine groups is 1. The van der Waals surface area contributed by atoms with E-state index in [0.29, 0.717) is 24.2 Å². The molecule has 0 fully saturated rings. The summed E-state index contributed by atoms with van der Waals surface area (Å²) in [5, 5.41) is 0. The van der Waals surface area contributed by atoms with Gasteiger partial charge in [0.2, 0.25) is 11.8 Å². The van der Waals surface area contributed by atoms with E-state index in [0.717, 1.165) is 11.4 Å². The number of benzene rings is 1. The lowest BCUT2D eigenvalue weighted by molar-refractivity contribution is 0.339. The van der Waals surface area contributed by atoms with Crippen LogP contribution in [0.2, 0.25) is 0 Å². The predicted molar refractivity (Wildman–Crippen MR) is 72.3 cm³/mol. The van der Waals surface area contributed by atoms with E-state index in [-0.39, 0.29) is 0 Å². The second kappa shape index (κ2) is 6.01. The lowest BCUT2D eigenvalue weighted by Crippen LogP contribution is -2.11. The average Bonchev–Trinajstić information content (AvgIpc) is 2.40. The number of aryl methyl sites for hydroxylation is 1. The molecule has 0 aliphatic rings. The highest BCUT2D eigenvalue weighted by Gasteiger charge is 2.04.